The molecular formula is C10H15N5O10P2. The number of anilines is 1. The Balaban J connectivity index is 1.95. The zero-order valence-corrected chi connectivity index (χ0v) is 15.0. The van der Waals surface area contributed by atoms with Crippen molar-refractivity contribution in [2.24, 2.45) is 0 Å². The third kappa shape index (κ3) is 4.50. The number of hydrogen-bond acceptors (Lipinski definition) is 10. The van der Waals surface area contributed by atoms with E-state index in [-0.39, 0.29) is 17.0 Å². The molecule has 1 aliphatic heterocycles. The summed E-state index contributed by atoms with van der Waals surface area (Å²) in [6, 6.07) is 0. The van der Waals surface area contributed by atoms with Gasteiger partial charge in [-0.3, -0.25) is 13.6 Å². The number of phosphoric acid groups is 2. The van der Waals surface area contributed by atoms with E-state index in [0.29, 0.717) is 0 Å². The van der Waals surface area contributed by atoms with Gasteiger partial charge in [-0.15, -0.1) is 0 Å². The molecule has 1 saturated heterocycles. The predicted octanol–water partition coefficient (Wildman–Crippen LogP) is -1.75. The van der Waals surface area contributed by atoms with E-state index in [4.69, 9.17) is 30.0 Å². The lowest BCUT2D eigenvalue weighted by atomic mass is 10.1. The van der Waals surface area contributed by atoms with Crippen LogP contribution in [0.4, 0.5) is 5.82 Å². The van der Waals surface area contributed by atoms with Crippen molar-refractivity contribution in [2.45, 2.75) is 24.5 Å². The molecule has 0 bridgehead atoms. The van der Waals surface area contributed by atoms with Gasteiger partial charge in [0.2, 0.25) is 0 Å². The maximum atomic E-state index is 11.3. The second-order valence-corrected chi connectivity index (χ2v) is 7.92. The topological polar surface area (TPSA) is 233 Å². The van der Waals surface area contributed by atoms with Gasteiger partial charge in [0.05, 0.1) is 12.9 Å². The van der Waals surface area contributed by atoms with Crippen LogP contribution in [0.2, 0.25) is 0 Å². The Morgan fingerprint density at radius 3 is 2.52 bits per heavy atom. The summed E-state index contributed by atoms with van der Waals surface area (Å²) in [6.07, 6.45) is -3.78. The first-order chi connectivity index (χ1) is 12.5. The van der Waals surface area contributed by atoms with Gasteiger partial charge in [-0.1, -0.05) is 0 Å². The number of nitrogen functional groups attached to an aromatic ring is 1. The minimum atomic E-state index is -5.06. The van der Waals surface area contributed by atoms with Crippen LogP contribution in [0.25, 0.3) is 11.2 Å². The van der Waals surface area contributed by atoms with Crippen LogP contribution < -0.4 is 5.73 Å². The van der Waals surface area contributed by atoms with Gasteiger partial charge in [0.1, 0.15) is 30.2 Å². The minimum Gasteiger partial charge on any atom is -0.387 e. The van der Waals surface area contributed by atoms with Crippen LogP contribution in [-0.4, -0.2) is 69.1 Å². The third-order valence-electron chi connectivity index (χ3n) is 3.64. The highest BCUT2D eigenvalue weighted by molar-refractivity contribution is 7.46. The lowest BCUT2D eigenvalue weighted by Crippen LogP contribution is -2.35. The van der Waals surface area contributed by atoms with Crippen LogP contribution in [0.5, 0.6) is 0 Å². The van der Waals surface area contributed by atoms with Crippen LogP contribution >= 0.6 is 15.6 Å². The van der Waals surface area contributed by atoms with Gasteiger partial charge < -0.3 is 35.2 Å². The SMILES string of the molecule is Nc1ncnc2c1ncn2[C@@H]1O[C@@H](COP(=O)(O)O)[C@H](O)[C@H]1OP(=O)(O)O. The molecule has 0 amide bonds. The number of ether oxygens (including phenoxy) is 1. The van der Waals surface area contributed by atoms with Crippen LogP contribution in [0, 0.1) is 0 Å². The third-order valence-corrected chi connectivity index (χ3v) is 4.64. The molecule has 0 unspecified atom stereocenters. The summed E-state index contributed by atoms with van der Waals surface area (Å²) < 4.78 is 37.7. The molecule has 0 spiro atoms. The highest BCUT2D eigenvalue weighted by atomic mass is 31.2. The molecular weight excluding hydrogens is 412 g/mol. The van der Waals surface area contributed by atoms with Crippen molar-refractivity contribution in [3.8, 4) is 0 Å². The Morgan fingerprint density at radius 1 is 1.19 bits per heavy atom. The van der Waals surface area contributed by atoms with Crippen LogP contribution in [-0.2, 0) is 22.9 Å². The number of imidazole rings is 1. The maximum Gasteiger partial charge on any atom is 0.470 e. The van der Waals surface area contributed by atoms with E-state index >= 15 is 0 Å². The largest absolute Gasteiger partial charge is 0.470 e. The highest BCUT2D eigenvalue weighted by Gasteiger charge is 2.49. The smallest absolute Gasteiger partial charge is 0.387 e. The molecule has 0 radical (unpaired) electrons. The van der Waals surface area contributed by atoms with E-state index in [1.54, 1.807) is 0 Å². The van der Waals surface area contributed by atoms with Crippen molar-refractivity contribution in [1.29, 1.82) is 0 Å². The molecule has 0 aromatic carbocycles. The van der Waals surface area contributed by atoms with E-state index in [0.717, 1.165) is 6.33 Å². The highest BCUT2D eigenvalue weighted by Crippen LogP contribution is 2.46. The van der Waals surface area contributed by atoms with Crippen LogP contribution in [0.3, 0.4) is 0 Å². The molecule has 3 heterocycles. The van der Waals surface area contributed by atoms with Gasteiger partial charge in [0.25, 0.3) is 0 Å². The minimum absolute atomic E-state index is 0.0335. The van der Waals surface area contributed by atoms with Gasteiger partial charge in [0, 0.05) is 0 Å². The first-order valence-corrected chi connectivity index (χ1v) is 10.2. The average molecular weight is 427 g/mol. The van der Waals surface area contributed by atoms with Crippen molar-refractivity contribution in [2.75, 3.05) is 12.3 Å². The quantitative estimate of drug-likeness (QED) is 0.281. The monoisotopic (exact) mass is 427 g/mol. The van der Waals surface area contributed by atoms with Crippen molar-refractivity contribution in [3.05, 3.63) is 12.7 Å². The number of fused-ring (bicyclic) bond motifs is 1. The normalized spacial score (nSPS) is 26.7. The van der Waals surface area contributed by atoms with Gasteiger partial charge >= 0.3 is 15.6 Å². The molecule has 4 atom stereocenters. The molecule has 150 valence electrons. The fourth-order valence-electron chi connectivity index (χ4n) is 2.58. The van der Waals surface area contributed by atoms with Crippen molar-refractivity contribution in [1.82, 2.24) is 19.5 Å². The van der Waals surface area contributed by atoms with E-state index in [1.807, 2.05) is 0 Å². The van der Waals surface area contributed by atoms with Crippen molar-refractivity contribution < 1.29 is 47.6 Å². The molecule has 17 heteroatoms. The van der Waals surface area contributed by atoms with Gasteiger partial charge in [-0.25, -0.2) is 24.1 Å². The van der Waals surface area contributed by atoms with Crippen molar-refractivity contribution in [3.63, 3.8) is 0 Å². The molecule has 3 rings (SSSR count). The van der Waals surface area contributed by atoms with Gasteiger partial charge in [-0.2, -0.15) is 0 Å². The maximum absolute atomic E-state index is 11.3. The zero-order valence-electron chi connectivity index (χ0n) is 13.2. The molecule has 0 saturated carbocycles. The molecule has 1 aliphatic rings. The lowest BCUT2D eigenvalue weighted by Gasteiger charge is -2.22. The number of aliphatic hydroxyl groups excluding tert-OH is 1. The standard InChI is InChI=1S/C10H15N5O10P2/c11-8-5-9(13-2-12-8)15(3-14-5)10-7(25-27(20,21)22)6(16)4(24-10)1-23-26(17,18)19/h2-4,6-7,10,16H,1H2,(H2,11,12,13)(H2,17,18,19)(H2,20,21,22)/t4-,6-,7+,10+/m0/s1. The molecule has 27 heavy (non-hydrogen) atoms. The van der Waals surface area contributed by atoms with E-state index < -0.39 is 46.8 Å². The summed E-state index contributed by atoms with van der Waals surface area (Å²) in [5.41, 5.74) is 5.96. The van der Waals surface area contributed by atoms with E-state index in [1.165, 1.54) is 10.9 Å². The Hall–Kier alpha value is -1.51. The van der Waals surface area contributed by atoms with Crippen molar-refractivity contribution >= 4 is 32.6 Å². The number of nitrogens with two attached hydrogens (primary N) is 1. The summed E-state index contributed by atoms with van der Waals surface area (Å²) in [7, 11) is -9.94. The van der Waals surface area contributed by atoms with E-state index in [9.17, 15) is 14.2 Å². The Bertz CT molecular complexity index is 926. The summed E-state index contributed by atoms with van der Waals surface area (Å²) >= 11 is 0. The number of rotatable bonds is 6. The average Bonchev–Trinajstić information content (AvgIpc) is 3.07. The number of aromatic nitrogens is 4. The number of phosphoric ester groups is 2. The fraction of sp³-hybridized carbons (Fsp3) is 0.500. The first-order valence-electron chi connectivity index (χ1n) is 7.17. The molecule has 15 nitrogen and oxygen atoms in total. The molecule has 1 fully saturated rings. The fourth-order valence-corrected chi connectivity index (χ4v) is 3.47. The van der Waals surface area contributed by atoms with Gasteiger partial charge in [0.15, 0.2) is 17.7 Å². The second kappa shape index (κ2) is 7.14. The molecule has 7 N–H and O–H groups in total. The molecule has 0 aliphatic carbocycles. The molecule has 2 aromatic rings. The number of nitrogens with zero attached hydrogens (tertiary/aromatic N) is 4. The predicted molar refractivity (Wildman–Crippen MR) is 84.6 cm³/mol. The zero-order chi connectivity index (χ0) is 20.0. The summed E-state index contributed by atoms with van der Waals surface area (Å²) in [4.78, 5) is 47.5. The van der Waals surface area contributed by atoms with Crippen LogP contribution in [0.15, 0.2) is 12.7 Å². The second-order valence-electron chi connectivity index (χ2n) is 5.49. The molecule has 2 aromatic heterocycles. The number of aliphatic hydroxyl groups is 1. The Kier molecular flexibility index (Phi) is 5.35. The van der Waals surface area contributed by atoms with E-state index in [2.05, 4.69) is 24.0 Å². The summed E-state index contributed by atoms with van der Waals surface area (Å²) in [5.74, 6) is 0.0335. The lowest BCUT2D eigenvalue weighted by molar-refractivity contribution is -0.0498. The van der Waals surface area contributed by atoms with Gasteiger partial charge in [-0.05, 0) is 0 Å². The summed E-state index contributed by atoms with van der Waals surface area (Å²) in [6.45, 7) is -0.771. The van der Waals surface area contributed by atoms with Crippen LogP contribution in [0.1, 0.15) is 6.23 Å². The first kappa shape index (κ1) is 20.2. The summed E-state index contributed by atoms with van der Waals surface area (Å²) in [5, 5.41) is 10.3. The Labute approximate surface area is 150 Å². The Morgan fingerprint density at radius 2 is 1.89 bits per heavy atom. The number of hydrogen-bond donors (Lipinski definition) is 6.